The van der Waals surface area contributed by atoms with E-state index in [1.54, 1.807) is 33.3 Å². The zero-order valence-corrected chi connectivity index (χ0v) is 18.1. The van der Waals surface area contributed by atoms with Gasteiger partial charge in [0.2, 0.25) is 11.8 Å². The van der Waals surface area contributed by atoms with Crippen molar-refractivity contribution >= 4 is 23.2 Å². The fraction of sp³-hybridized carbons (Fsp3) is 0.455. The summed E-state index contributed by atoms with van der Waals surface area (Å²) >= 11 is 1.67. The minimum Gasteiger partial charge on any atom is -0.491 e. The third kappa shape index (κ3) is 5.37. The van der Waals surface area contributed by atoms with Crippen LogP contribution in [0.25, 0.3) is 0 Å². The molecule has 1 aliphatic rings. The number of ether oxygens (including phenoxy) is 2. The highest BCUT2D eigenvalue weighted by atomic mass is 32.1. The van der Waals surface area contributed by atoms with Gasteiger partial charge in [-0.15, -0.1) is 11.3 Å². The van der Waals surface area contributed by atoms with Crippen LogP contribution in [0.4, 0.5) is 4.39 Å². The number of amides is 2. The number of methoxy groups -OCH3 is 1. The Kier molecular flexibility index (Phi) is 7.81. The molecule has 1 unspecified atom stereocenters. The van der Waals surface area contributed by atoms with Crippen molar-refractivity contribution in [1.82, 2.24) is 9.80 Å². The molecule has 0 N–H and O–H groups in total. The van der Waals surface area contributed by atoms with Gasteiger partial charge in [0.25, 0.3) is 0 Å². The van der Waals surface area contributed by atoms with Gasteiger partial charge in [0.1, 0.15) is 24.8 Å². The fourth-order valence-electron chi connectivity index (χ4n) is 3.64. The van der Waals surface area contributed by atoms with E-state index in [1.807, 2.05) is 18.4 Å². The van der Waals surface area contributed by atoms with Crippen LogP contribution in [0, 0.1) is 5.82 Å². The van der Waals surface area contributed by atoms with Crippen LogP contribution < -0.4 is 4.74 Å². The average Bonchev–Trinajstić information content (AvgIpc) is 3.21. The van der Waals surface area contributed by atoms with E-state index in [4.69, 9.17) is 9.47 Å². The summed E-state index contributed by atoms with van der Waals surface area (Å²) in [7, 11) is 1.46. The van der Waals surface area contributed by atoms with Crippen LogP contribution in [0.15, 0.2) is 35.7 Å². The number of carbonyl (C=O) groups is 2. The molecule has 1 aliphatic heterocycles. The minimum absolute atomic E-state index is 0.00592. The van der Waals surface area contributed by atoms with E-state index < -0.39 is 0 Å². The van der Waals surface area contributed by atoms with E-state index in [2.05, 4.69) is 0 Å². The number of thiophene rings is 1. The molecule has 2 heterocycles. The van der Waals surface area contributed by atoms with Crippen molar-refractivity contribution in [1.29, 1.82) is 0 Å². The zero-order valence-electron chi connectivity index (χ0n) is 17.3. The summed E-state index contributed by atoms with van der Waals surface area (Å²) in [5.74, 6) is -0.272. The Labute approximate surface area is 180 Å². The van der Waals surface area contributed by atoms with Gasteiger partial charge in [-0.3, -0.25) is 9.59 Å². The maximum atomic E-state index is 13.5. The van der Waals surface area contributed by atoms with Crippen LogP contribution in [0.3, 0.4) is 0 Å². The first-order valence-corrected chi connectivity index (χ1v) is 10.9. The van der Waals surface area contributed by atoms with E-state index >= 15 is 0 Å². The molecule has 1 aromatic carbocycles. The van der Waals surface area contributed by atoms with Crippen LogP contribution in [0.2, 0.25) is 0 Å². The van der Waals surface area contributed by atoms with Crippen molar-refractivity contribution in [3.63, 3.8) is 0 Å². The van der Waals surface area contributed by atoms with Gasteiger partial charge < -0.3 is 19.3 Å². The second-order valence-electron chi connectivity index (χ2n) is 7.17. The monoisotopic (exact) mass is 434 g/mol. The first kappa shape index (κ1) is 22.2. The van der Waals surface area contributed by atoms with E-state index in [0.717, 1.165) is 18.4 Å². The summed E-state index contributed by atoms with van der Waals surface area (Å²) in [5.41, 5.74) is 1.06. The molecule has 0 saturated carbocycles. The Hall–Kier alpha value is -2.45. The molecular weight excluding hydrogens is 407 g/mol. The normalized spacial score (nSPS) is 15.6. The number of benzene rings is 1. The number of nitrogens with zero attached hydrogens (tertiary/aromatic N) is 2. The van der Waals surface area contributed by atoms with Crippen LogP contribution in [0.5, 0.6) is 5.75 Å². The lowest BCUT2D eigenvalue weighted by atomic mass is 10.0. The molecule has 1 aromatic heterocycles. The highest BCUT2D eigenvalue weighted by Gasteiger charge is 2.33. The van der Waals surface area contributed by atoms with Crippen molar-refractivity contribution < 1.29 is 23.5 Å². The van der Waals surface area contributed by atoms with Gasteiger partial charge in [0, 0.05) is 31.1 Å². The highest BCUT2D eigenvalue weighted by Crippen LogP contribution is 2.34. The smallest absolute Gasteiger partial charge is 0.249 e. The molecule has 0 saturated heterocycles. The third-order valence-corrected chi connectivity index (χ3v) is 6.06. The van der Waals surface area contributed by atoms with Crippen molar-refractivity contribution in [3.8, 4) is 5.75 Å². The topological polar surface area (TPSA) is 59.1 Å². The van der Waals surface area contributed by atoms with Crippen molar-refractivity contribution in [2.75, 3.05) is 40.0 Å². The van der Waals surface area contributed by atoms with Gasteiger partial charge in [-0.25, -0.2) is 4.39 Å². The van der Waals surface area contributed by atoms with Crippen molar-refractivity contribution in [2.24, 2.45) is 0 Å². The molecule has 162 valence electrons. The average molecular weight is 435 g/mol. The Morgan fingerprint density at radius 1 is 1.33 bits per heavy atom. The maximum Gasteiger partial charge on any atom is 0.249 e. The SMILES string of the molecule is CCCN(CC(=O)N1CCc2sccc2C1COc1cccc(F)c1)C(=O)COC. The predicted octanol–water partition coefficient (Wildman–Crippen LogP) is 3.28. The first-order valence-electron chi connectivity index (χ1n) is 10.0. The van der Waals surface area contributed by atoms with Crippen LogP contribution in [-0.4, -0.2) is 61.6 Å². The molecule has 2 aromatic rings. The molecule has 0 radical (unpaired) electrons. The third-order valence-electron chi connectivity index (χ3n) is 5.06. The lowest BCUT2D eigenvalue weighted by molar-refractivity contribution is -0.144. The van der Waals surface area contributed by atoms with Gasteiger partial charge in [0.15, 0.2) is 0 Å². The number of carbonyl (C=O) groups excluding carboxylic acids is 2. The minimum atomic E-state index is -0.368. The largest absolute Gasteiger partial charge is 0.491 e. The molecule has 0 fully saturated rings. The second-order valence-corrected chi connectivity index (χ2v) is 8.17. The molecule has 3 rings (SSSR count). The van der Waals surface area contributed by atoms with Gasteiger partial charge in [-0.1, -0.05) is 13.0 Å². The van der Waals surface area contributed by atoms with Crippen molar-refractivity contribution in [3.05, 3.63) is 52.0 Å². The summed E-state index contributed by atoms with van der Waals surface area (Å²) < 4.78 is 24.3. The fourth-order valence-corrected chi connectivity index (χ4v) is 4.57. The van der Waals surface area contributed by atoms with E-state index in [0.29, 0.717) is 18.8 Å². The zero-order chi connectivity index (χ0) is 21.5. The lowest BCUT2D eigenvalue weighted by Gasteiger charge is -2.37. The summed E-state index contributed by atoms with van der Waals surface area (Å²) in [6, 6.07) is 7.71. The molecule has 8 heteroatoms. The van der Waals surface area contributed by atoms with Crippen LogP contribution in [-0.2, 0) is 20.7 Å². The molecular formula is C22H27FN2O4S. The molecule has 6 nitrogen and oxygen atoms in total. The van der Waals surface area contributed by atoms with Gasteiger partial charge >= 0.3 is 0 Å². The number of fused-ring (bicyclic) bond motifs is 1. The summed E-state index contributed by atoms with van der Waals surface area (Å²) in [4.78, 5) is 30.0. The van der Waals surface area contributed by atoms with Gasteiger partial charge in [0.05, 0.1) is 12.6 Å². The highest BCUT2D eigenvalue weighted by molar-refractivity contribution is 7.10. The van der Waals surface area contributed by atoms with E-state index in [-0.39, 0.29) is 43.4 Å². The molecule has 2 amide bonds. The van der Waals surface area contributed by atoms with Crippen molar-refractivity contribution in [2.45, 2.75) is 25.8 Å². The maximum absolute atomic E-state index is 13.5. The summed E-state index contributed by atoms with van der Waals surface area (Å²) in [6.07, 6.45) is 1.53. The molecule has 0 aliphatic carbocycles. The second kappa shape index (κ2) is 10.5. The Bertz CT molecular complexity index is 872. The molecule has 1 atom stereocenters. The number of rotatable bonds is 9. The number of hydrogen-bond acceptors (Lipinski definition) is 5. The van der Waals surface area contributed by atoms with Gasteiger partial charge in [-0.2, -0.15) is 0 Å². The van der Waals surface area contributed by atoms with E-state index in [1.165, 1.54) is 24.1 Å². The Morgan fingerprint density at radius 3 is 2.90 bits per heavy atom. The van der Waals surface area contributed by atoms with Crippen LogP contribution in [0.1, 0.15) is 29.8 Å². The lowest BCUT2D eigenvalue weighted by Crippen LogP contribution is -2.48. The number of hydrogen-bond donors (Lipinski definition) is 0. The Balaban J connectivity index is 1.75. The van der Waals surface area contributed by atoms with E-state index in [9.17, 15) is 14.0 Å². The molecule has 0 bridgehead atoms. The van der Waals surface area contributed by atoms with Crippen LogP contribution >= 0.6 is 11.3 Å². The molecule has 0 spiro atoms. The standard InChI is InChI=1S/C22H27FN2O4S/c1-3-9-24(22(27)15-28-2)13-21(26)25-10-7-20-18(8-11-30-20)19(25)14-29-17-6-4-5-16(23)12-17/h4-6,8,11-12,19H,3,7,9-10,13-15H2,1-2H3. The summed E-state index contributed by atoms with van der Waals surface area (Å²) in [5, 5.41) is 2.01. The first-order chi connectivity index (χ1) is 14.5. The number of halogens is 1. The van der Waals surface area contributed by atoms with Gasteiger partial charge in [-0.05, 0) is 42.0 Å². The Morgan fingerprint density at radius 2 is 2.17 bits per heavy atom. The predicted molar refractivity (Wildman–Crippen MR) is 113 cm³/mol. The molecule has 30 heavy (non-hydrogen) atoms. The summed E-state index contributed by atoms with van der Waals surface area (Å²) in [6.45, 7) is 3.20. The quantitative estimate of drug-likeness (QED) is 0.608.